The number of ether oxygens (including phenoxy) is 1. The second kappa shape index (κ2) is 10.4. The van der Waals surface area contributed by atoms with Crippen LogP contribution >= 0.6 is 0 Å². The predicted octanol–water partition coefficient (Wildman–Crippen LogP) is 4.17. The number of nitrogens with one attached hydrogen (secondary N) is 2. The van der Waals surface area contributed by atoms with Crippen LogP contribution in [0.15, 0.2) is 49.1 Å². The third-order valence-corrected chi connectivity index (χ3v) is 7.79. The molecule has 0 spiro atoms. The molecule has 4 heterocycles. The summed E-state index contributed by atoms with van der Waals surface area (Å²) in [5, 5.41) is 3.32. The van der Waals surface area contributed by atoms with Crippen LogP contribution in [-0.4, -0.2) is 73.9 Å². The minimum Gasteiger partial charge on any atom is -0.493 e. The summed E-state index contributed by atoms with van der Waals surface area (Å²) in [6.07, 6.45) is 8.31. The van der Waals surface area contributed by atoms with Crippen molar-refractivity contribution in [1.29, 1.82) is 0 Å². The van der Waals surface area contributed by atoms with Crippen LogP contribution in [0.4, 0.5) is 11.8 Å². The Hall–Kier alpha value is -4.05. The first-order valence-electron chi connectivity index (χ1n) is 13.2. The molecule has 1 atom stereocenters. The molecule has 1 saturated heterocycles. The summed E-state index contributed by atoms with van der Waals surface area (Å²) in [5.74, 6) is 2.59. The maximum Gasteiger partial charge on any atom is 0.225 e. The topological polar surface area (TPSA) is 112 Å². The van der Waals surface area contributed by atoms with E-state index < -0.39 is 0 Å². The molecule has 196 valence electrons. The van der Waals surface area contributed by atoms with Gasteiger partial charge in [-0.1, -0.05) is 12.5 Å². The lowest BCUT2D eigenvalue weighted by atomic mass is 9.84. The number of rotatable bonds is 7. The summed E-state index contributed by atoms with van der Waals surface area (Å²) in [4.78, 5) is 38.0. The predicted molar refractivity (Wildman–Crippen MR) is 145 cm³/mol. The number of carbonyl (C=O) groups is 1. The molecular formula is C28H32N8O2. The molecule has 2 aliphatic rings. The van der Waals surface area contributed by atoms with Crippen LogP contribution < -0.4 is 10.1 Å². The van der Waals surface area contributed by atoms with Crippen molar-refractivity contribution in [2.45, 2.75) is 32.2 Å². The maximum atomic E-state index is 12.6. The lowest BCUT2D eigenvalue weighted by Crippen LogP contribution is -2.51. The number of carbonyl (C=O) groups excluding carboxylic acids is 1. The van der Waals surface area contributed by atoms with E-state index in [-0.39, 0.29) is 12.0 Å². The quantitative estimate of drug-likeness (QED) is 0.379. The number of imidazole rings is 1. The monoisotopic (exact) mass is 512 g/mol. The van der Waals surface area contributed by atoms with Gasteiger partial charge < -0.3 is 19.9 Å². The Labute approximate surface area is 221 Å². The fraction of sp³-hybridized carbons (Fsp3) is 0.393. The standard InChI is InChI=1S/C28H32N8O2/c1-18(35-10-12-36(13-11-35)27(37)19-4-3-5-19)20-8-9-30-25(15-20)34-28-32-22-7-6-21(14-23(22)33-28)26-24(38-2)16-29-17-31-26/h6-9,14-19H,3-5,10-13H2,1-2H3,(H2,30,32,33,34)/t18-/m1/s1. The number of nitrogens with zero attached hydrogens (tertiary/aromatic N) is 6. The van der Waals surface area contributed by atoms with Crippen molar-refractivity contribution in [1.82, 2.24) is 34.7 Å². The first-order chi connectivity index (χ1) is 18.6. The van der Waals surface area contributed by atoms with Crippen LogP contribution in [0.3, 0.4) is 0 Å². The van der Waals surface area contributed by atoms with Gasteiger partial charge in [-0.15, -0.1) is 0 Å². The summed E-state index contributed by atoms with van der Waals surface area (Å²) in [7, 11) is 1.61. The molecule has 1 aromatic carbocycles. The molecule has 10 heteroatoms. The molecule has 2 N–H and O–H groups in total. The molecular weight excluding hydrogens is 480 g/mol. The number of hydrogen-bond donors (Lipinski definition) is 2. The molecule has 10 nitrogen and oxygen atoms in total. The highest BCUT2D eigenvalue weighted by atomic mass is 16.5. The fourth-order valence-electron chi connectivity index (χ4n) is 5.25. The van der Waals surface area contributed by atoms with E-state index in [2.05, 4.69) is 59.1 Å². The Bertz CT molecular complexity index is 1440. The number of aromatic nitrogens is 5. The van der Waals surface area contributed by atoms with Crippen molar-refractivity contribution in [3.8, 4) is 17.0 Å². The van der Waals surface area contributed by atoms with E-state index in [1.807, 2.05) is 24.4 Å². The summed E-state index contributed by atoms with van der Waals surface area (Å²) >= 11 is 0. The zero-order chi connectivity index (χ0) is 26.1. The molecule has 1 aliphatic heterocycles. The molecule has 6 rings (SSSR count). The summed E-state index contributed by atoms with van der Waals surface area (Å²) in [5.41, 5.74) is 4.53. The largest absolute Gasteiger partial charge is 0.493 e. The van der Waals surface area contributed by atoms with Gasteiger partial charge in [-0.2, -0.15) is 0 Å². The zero-order valence-electron chi connectivity index (χ0n) is 21.7. The number of benzene rings is 1. The van der Waals surface area contributed by atoms with E-state index in [4.69, 9.17) is 4.74 Å². The molecule has 0 unspecified atom stereocenters. The Morgan fingerprint density at radius 3 is 2.74 bits per heavy atom. The Kier molecular flexibility index (Phi) is 6.63. The van der Waals surface area contributed by atoms with Crippen molar-refractivity contribution < 1.29 is 9.53 Å². The maximum absolute atomic E-state index is 12.6. The fourth-order valence-corrected chi connectivity index (χ4v) is 5.25. The minimum atomic E-state index is 0.223. The number of pyridine rings is 1. The van der Waals surface area contributed by atoms with Gasteiger partial charge in [0.2, 0.25) is 11.9 Å². The average molecular weight is 513 g/mol. The van der Waals surface area contributed by atoms with Crippen LogP contribution in [0.25, 0.3) is 22.3 Å². The highest BCUT2D eigenvalue weighted by Gasteiger charge is 2.32. The molecule has 1 aliphatic carbocycles. The number of amides is 1. The number of fused-ring (bicyclic) bond motifs is 1. The Balaban J connectivity index is 1.13. The third-order valence-electron chi connectivity index (χ3n) is 7.79. The van der Waals surface area contributed by atoms with E-state index in [9.17, 15) is 4.79 Å². The van der Waals surface area contributed by atoms with Gasteiger partial charge in [0.25, 0.3) is 0 Å². The van der Waals surface area contributed by atoms with Gasteiger partial charge in [-0.3, -0.25) is 9.69 Å². The van der Waals surface area contributed by atoms with Gasteiger partial charge in [0, 0.05) is 49.9 Å². The van der Waals surface area contributed by atoms with Crippen LogP contribution in [0, 0.1) is 5.92 Å². The molecule has 2 fully saturated rings. The van der Waals surface area contributed by atoms with Crippen LogP contribution in [0.1, 0.15) is 37.8 Å². The first kappa shape index (κ1) is 24.3. The van der Waals surface area contributed by atoms with Crippen molar-refractivity contribution >= 4 is 28.7 Å². The lowest BCUT2D eigenvalue weighted by Gasteiger charge is -2.40. The molecule has 3 aromatic heterocycles. The van der Waals surface area contributed by atoms with Crippen molar-refractivity contribution in [2.75, 3.05) is 38.6 Å². The molecule has 1 saturated carbocycles. The van der Waals surface area contributed by atoms with Gasteiger partial charge in [0.05, 0.1) is 24.3 Å². The van der Waals surface area contributed by atoms with E-state index >= 15 is 0 Å². The van der Waals surface area contributed by atoms with E-state index in [1.54, 1.807) is 13.3 Å². The minimum absolute atomic E-state index is 0.223. The average Bonchev–Trinajstić information content (AvgIpc) is 3.33. The van der Waals surface area contributed by atoms with Gasteiger partial charge in [0.15, 0.2) is 5.75 Å². The lowest BCUT2D eigenvalue weighted by molar-refractivity contribution is -0.140. The molecule has 4 aromatic rings. The SMILES string of the molecule is COc1cncnc1-c1ccc2nc(Nc3cc([C@@H](C)N4CCN(C(=O)C5CCC5)CC4)ccn3)[nH]c2c1. The Morgan fingerprint density at radius 1 is 1.13 bits per heavy atom. The third kappa shape index (κ3) is 4.79. The second-order valence-electron chi connectivity index (χ2n) is 10.0. The van der Waals surface area contributed by atoms with E-state index in [1.165, 1.54) is 18.3 Å². The summed E-state index contributed by atoms with van der Waals surface area (Å²) in [6.45, 7) is 5.59. The van der Waals surface area contributed by atoms with Crippen molar-refractivity contribution in [3.05, 3.63) is 54.6 Å². The van der Waals surface area contributed by atoms with Crippen LogP contribution in [0.2, 0.25) is 0 Å². The highest BCUT2D eigenvalue weighted by molar-refractivity contribution is 5.84. The molecule has 38 heavy (non-hydrogen) atoms. The molecule has 1 amide bonds. The second-order valence-corrected chi connectivity index (χ2v) is 10.0. The zero-order valence-corrected chi connectivity index (χ0v) is 21.7. The number of H-pyrrole nitrogens is 1. The van der Waals surface area contributed by atoms with Gasteiger partial charge in [0.1, 0.15) is 17.8 Å². The van der Waals surface area contributed by atoms with E-state index in [0.717, 1.165) is 67.1 Å². The summed E-state index contributed by atoms with van der Waals surface area (Å²) < 4.78 is 5.41. The molecule has 0 radical (unpaired) electrons. The van der Waals surface area contributed by atoms with Crippen molar-refractivity contribution in [3.63, 3.8) is 0 Å². The van der Waals surface area contributed by atoms with Crippen LogP contribution in [0.5, 0.6) is 5.75 Å². The smallest absolute Gasteiger partial charge is 0.225 e. The molecule has 0 bridgehead atoms. The number of aromatic amines is 1. The number of anilines is 2. The first-order valence-corrected chi connectivity index (χ1v) is 13.2. The van der Waals surface area contributed by atoms with Gasteiger partial charge in [-0.05, 0) is 49.6 Å². The Morgan fingerprint density at radius 2 is 1.97 bits per heavy atom. The highest BCUT2D eigenvalue weighted by Crippen LogP contribution is 2.31. The van der Waals surface area contributed by atoms with Gasteiger partial charge in [-0.25, -0.2) is 19.9 Å². The number of methoxy groups -OCH3 is 1. The number of hydrogen-bond acceptors (Lipinski definition) is 8. The van der Waals surface area contributed by atoms with Crippen molar-refractivity contribution in [2.24, 2.45) is 5.92 Å². The van der Waals surface area contributed by atoms with E-state index in [0.29, 0.717) is 17.6 Å². The van der Waals surface area contributed by atoms with Gasteiger partial charge >= 0.3 is 0 Å². The van der Waals surface area contributed by atoms with Crippen LogP contribution in [-0.2, 0) is 4.79 Å². The normalized spacial score (nSPS) is 17.3. The number of piperazine rings is 1. The summed E-state index contributed by atoms with van der Waals surface area (Å²) in [6, 6.07) is 10.3.